The normalized spacial score (nSPS) is 14.8. The monoisotopic (exact) mass is 472 g/mol. The number of hydrogen-bond donors (Lipinski definition) is 0. The maximum Gasteiger partial charge on any atom is 0.279 e. The fourth-order valence-corrected chi connectivity index (χ4v) is 5.72. The number of nitro groups is 1. The van der Waals surface area contributed by atoms with Crippen molar-refractivity contribution in [1.29, 1.82) is 0 Å². The average molecular weight is 473 g/mol. The van der Waals surface area contributed by atoms with Gasteiger partial charge in [0, 0.05) is 37.3 Å². The van der Waals surface area contributed by atoms with Crippen molar-refractivity contribution in [1.82, 2.24) is 8.87 Å². The second kappa shape index (κ2) is 8.41. The summed E-state index contributed by atoms with van der Waals surface area (Å²) in [6.45, 7) is 4.02. The van der Waals surface area contributed by atoms with Gasteiger partial charge in [-0.25, -0.2) is 8.42 Å². The fraction of sp³-hybridized carbons (Fsp3) is 0.238. The number of nitro benzene ring substituents is 1. The maximum absolute atomic E-state index is 12.8. The number of hydrogen-bond acceptors (Lipinski definition) is 6. The molecule has 1 heterocycles. The van der Waals surface area contributed by atoms with Crippen LogP contribution in [-0.2, 0) is 16.6 Å². The summed E-state index contributed by atoms with van der Waals surface area (Å²) in [6, 6.07) is 10.2. The minimum Gasteiger partial charge on any atom is -0.312 e. The SMILES string of the molecule is C=CCn1c(=NC(=O)c2ccc(S(=O)(=O)N(C)C3CC3)cc2)sc2ccc([N+](=O)[O-])cc21. The van der Waals surface area contributed by atoms with Gasteiger partial charge in [-0.1, -0.05) is 17.4 Å². The van der Waals surface area contributed by atoms with Gasteiger partial charge < -0.3 is 4.57 Å². The number of non-ortho nitro benzene ring substituents is 1. The molecule has 11 heteroatoms. The number of fused-ring (bicyclic) bond motifs is 1. The van der Waals surface area contributed by atoms with Crippen molar-refractivity contribution in [2.75, 3.05) is 7.05 Å². The second-order valence-electron chi connectivity index (χ2n) is 7.39. The van der Waals surface area contributed by atoms with Crippen LogP contribution >= 0.6 is 11.3 Å². The van der Waals surface area contributed by atoms with Crippen LogP contribution in [0.15, 0.2) is 65.0 Å². The first-order valence-corrected chi connectivity index (χ1v) is 12.0. The van der Waals surface area contributed by atoms with E-state index in [-0.39, 0.29) is 22.2 Å². The van der Waals surface area contributed by atoms with E-state index in [4.69, 9.17) is 0 Å². The Bertz CT molecular complexity index is 1400. The molecular weight excluding hydrogens is 452 g/mol. The van der Waals surface area contributed by atoms with Gasteiger partial charge in [0.1, 0.15) is 0 Å². The maximum atomic E-state index is 12.8. The van der Waals surface area contributed by atoms with E-state index in [1.807, 2.05) is 0 Å². The van der Waals surface area contributed by atoms with Crippen molar-refractivity contribution in [2.24, 2.45) is 4.99 Å². The predicted octanol–water partition coefficient (Wildman–Crippen LogP) is 3.32. The molecule has 166 valence electrons. The van der Waals surface area contributed by atoms with Crippen LogP contribution in [-0.4, -0.2) is 41.2 Å². The van der Waals surface area contributed by atoms with Crippen LogP contribution in [0, 0.1) is 10.1 Å². The molecule has 3 aromatic rings. The lowest BCUT2D eigenvalue weighted by molar-refractivity contribution is -0.384. The zero-order chi connectivity index (χ0) is 23.0. The highest BCUT2D eigenvalue weighted by molar-refractivity contribution is 7.89. The van der Waals surface area contributed by atoms with Gasteiger partial charge in [-0.15, -0.1) is 6.58 Å². The van der Waals surface area contributed by atoms with Crippen LogP contribution in [0.5, 0.6) is 0 Å². The number of thiazole rings is 1. The van der Waals surface area contributed by atoms with E-state index in [1.165, 1.54) is 52.0 Å². The molecule has 0 saturated heterocycles. The number of rotatable bonds is 7. The Labute approximate surface area is 188 Å². The molecular formula is C21H20N4O5S2. The number of amides is 1. The predicted molar refractivity (Wildman–Crippen MR) is 121 cm³/mol. The van der Waals surface area contributed by atoms with Gasteiger partial charge in [-0.3, -0.25) is 14.9 Å². The first-order valence-electron chi connectivity index (χ1n) is 9.78. The van der Waals surface area contributed by atoms with Gasteiger partial charge in [0.05, 0.1) is 20.0 Å². The van der Waals surface area contributed by atoms with Gasteiger partial charge in [0.25, 0.3) is 11.6 Å². The van der Waals surface area contributed by atoms with Crippen molar-refractivity contribution in [3.63, 3.8) is 0 Å². The molecule has 4 rings (SSSR count). The molecule has 1 aromatic heterocycles. The van der Waals surface area contributed by atoms with Gasteiger partial charge in [0.2, 0.25) is 10.0 Å². The molecule has 1 aliphatic rings. The summed E-state index contributed by atoms with van der Waals surface area (Å²) in [6.07, 6.45) is 3.33. The van der Waals surface area contributed by atoms with Crippen LogP contribution in [0.1, 0.15) is 23.2 Å². The Morgan fingerprint density at radius 3 is 2.59 bits per heavy atom. The first kappa shape index (κ1) is 22.1. The van der Waals surface area contributed by atoms with Crippen molar-refractivity contribution < 1.29 is 18.1 Å². The summed E-state index contributed by atoms with van der Waals surface area (Å²) in [7, 11) is -2.04. The number of sulfonamides is 1. The molecule has 0 unspecified atom stereocenters. The molecule has 0 radical (unpaired) electrons. The highest BCUT2D eigenvalue weighted by Gasteiger charge is 2.35. The van der Waals surface area contributed by atoms with E-state index >= 15 is 0 Å². The summed E-state index contributed by atoms with van der Waals surface area (Å²) in [4.78, 5) is 28.1. The number of carbonyl (C=O) groups excluding carboxylic acids is 1. The van der Waals surface area contributed by atoms with Gasteiger partial charge >= 0.3 is 0 Å². The number of benzene rings is 2. The van der Waals surface area contributed by atoms with E-state index in [0.29, 0.717) is 16.9 Å². The lowest BCUT2D eigenvalue weighted by Gasteiger charge is -2.16. The van der Waals surface area contributed by atoms with E-state index in [0.717, 1.165) is 17.5 Å². The molecule has 9 nitrogen and oxygen atoms in total. The summed E-state index contributed by atoms with van der Waals surface area (Å²) in [5.41, 5.74) is 0.769. The van der Waals surface area contributed by atoms with Crippen LogP contribution in [0.4, 0.5) is 5.69 Å². The molecule has 1 saturated carbocycles. The third-order valence-corrected chi connectivity index (χ3v) is 8.21. The van der Waals surface area contributed by atoms with Gasteiger partial charge in [-0.2, -0.15) is 9.30 Å². The lowest BCUT2D eigenvalue weighted by atomic mass is 10.2. The molecule has 1 aliphatic carbocycles. The number of nitrogens with zero attached hydrogens (tertiary/aromatic N) is 4. The molecule has 0 N–H and O–H groups in total. The molecule has 0 bridgehead atoms. The Morgan fingerprint density at radius 2 is 2.00 bits per heavy atom. The zero-order valence-electron chi connectivity index (χ0n) is 17.2. The summed E-state index contributed by atoms with van der Waals surface area (Å²) < 4.78 is 29.1. The number of aromatic nitrogens is 1. The first-order chi connectivity index (χ1) is 15.2. The molecule has 2 aromatic carbocycles. The van der Waals surface area contributed by atoms with Gasteiger partial charge in [0.15, 0.2) is 4.80 Å². The van der Waals surface area contributed by atoms with Crippen LogP contribution in [0.3, 0.4) is 0 Å². The van der Waals surface area contributed by atoms with Crippen LogP contribution in [0.25, 0.3) is 10.2 Å². The smallest absolute Gasteiger partial charge is 0.279 e. The van der Waals surface area contributed by atoms with E-state index in [1.54, 1.807) is 23.8 Å². The summed E-state index contributed by atoms with van der Waals surface area (Å²) in [5, 5.41) is 11.1. The summed E-state index contributed by atoms with van der Waals surface area (Å²) in [5.74, 6) is -0.539. The van der Waals surface area contributed by atoms with E-state index in [9.17, 15) is 23.3 Å². The van der Waals surface area contributed by atoms with Crippen molar-refractivity contribution in [2.45, 2.75) is 30.3 Å². The Kier molecular flexibility index (Phi) is 5.80. The van der Waals surface area contributed by atoms with Crippen LogP contribution < -0.4 is 4.80 Å². The van der Waals surface area contributed by atoms with E-state index in [2.05, 4.69) is 11.6 Å². The average Bonchev–Trinajstić information content (AvgIpc) is 3.57. The lowest BCUT2D eigenvalue weighted by Crippen LogP contribution is -2.28. The molecule has 1 fully saturated rings. The van der Waals surface area contributed by atoms with E-state index < -0.39 is 20.9 Å². The summed E-state index contributed by atoms with van der Waals surface area (Å²) >= 11 is 1.23. The van der Waals surface area contributed by atoms with Crippen LogP contribution in [0.2, 0.25) is 0 Å². The molecule has 1 amide bonds. The Balaban J connectivity index is 1.69. The highest BCUT2D eigenvalue weighted by Crippen LogP contribution is 2.30. The minimum atomic E-state index is -3.60. The molecule has 0 spiro atoms. The quantitative estimate of drug-likeness (QED) is 0.297. The number of carbonyl (C=O) groups is 1. The third kappa shape index (κ3) is 4.14. The van der Waals surface area contributed by atoms with Crippen molar-refractivity contribution in [3.05, 3.63) is 75.6 Å². The van der Waals surface area contributed by atoms with Crippen molar-refractivity contribution in [3.8, 4) is 0 Å². The standard InChI is InChI=1S/C21H20N4O5S2/c1-3-12-24-18-13-16(25(27)28)8-11-19(18)31-21(24)22-20(26)14-4-9-17(10-5-14)32(29,30)23(2)15-6-7-15/h3-5,8-11,13,15H,1,6-7,12H2,2H3. The molecule has 0 aliphatic heterocycles. The second-order valence-corrected chi connectivity index (χ2v) is 10.4. The zero-order valence-corrected chi connectivity index (χ0v) is 18.8. The Hall–Kier alpha value is -3.15. The Morgan fingerprint density at radius 1 is 1.31 bits per heavy atom. The minimum absolute atomic E-state index is 0.0420. The molecule has 32 heavy (non-hydrogen) atoms. The largest absolute Gasteiger partial charge is 0.312 e. The molecule has 0 atom stereocenters. The highest BCUT2D eigenvalue weighted by atomic mass is 32.2. The third-order valence-electron chi connectivity index (χ3n) is 5.22. The topological polar surface area (TPSA) is 115 Å². The van der Waals surface area contributed by atoms with Gasteiger partial charge in [-0.05, 0) is 43.2 Å². The number of allylic oxidation sites excluding steroid dienone is 1. The van der Waals surface area contributed by atoms with Crippen molar-refractivity contribution >= 4 is 43.2 Å². The fourth-order valence-electron chi connectivity index (χ4n) is 3.28.